The summed E-state index contributed by atoms with van der Waals surface area (Å²) in [6, 6.07) is 6.71. The van der Waals surface area contributed by atoms with E-state index in [4.69, 9.17) is 21.8 Å². The molecule has 7 nitrogen and oxygen atoms in total. The van der Waals surface area contributed by atoms with Crippen molar-refractivity contribution < 1.29 is 14.3 Å². The summed E-state index contributed by atoms with van der Waals surface area (Å²) in [4.78, 5) is 14.5. The lowest BCUT2D eigenvalue weighted by atomic mass is 10.3. The Labute approximate surface area is 128 Å². The molecule has 0 saturated heterocycles. The van der Waals surface area contributed by atoms with Crippen LogP contribution in [0, 0.1) is 6.57 Å². The maximum Gasteiger partial charge on any atom is 0.276 e. The lowest BCUT2D eigenvalue weighted by Crippen LogP contribution is -2.20. The van der Waals surface area contributed by atoms with Crippen LogP contribution in [0.4, 0.5) is 5.69 Å². The van der Waals surface area contributed by atoms with Crippen molar-refractivity contribution >= 4 is 11.6 Å². The van der Waals surface area contributed by atoms with Crippen LogP contribution in [0.2, 0.25) is 0 Å². The van der Waals surface area contributed by atoms with Crippen molar-refractivity contribution in [1.29, 1.82) is 0 Å². The van der Waals surface area contributed by atoms with E-state index >= 15 is 0 Å². The number of carbonyl (C=O) groups is 1. The smallest absolute Gasteiger partial charge is 0.276 e. The van der Waals surface area contributed by atoms with Gasteiger partial charge in [0.15, 0.2) is 5.69 Å². The van der Waals surface area contributed by atoms with Gasteiger partial charge in [0, 0.05) is 0 Å². The van der Waals surface area contributed by atoms with Gasteiger partial charge in [-0.1, -0.05) is 19.1 Å². The third kappa shape index (κ3) is 3.17. The van der Waals surface area contributed by atoms with E-state index in [1.165, 1.54) is 11.8 Å². The number of rotatable bonds is 6. The molecule has 0 bridgehead atoms. The molecule has 0 saturated carbocycles. The Morgan fingerprint density at radius 1 is 1.41 bits per heavy atom. The fourth-order valence-electron chi connectivity index (χ4n) is 2.02. The molecule has 22 heavy (non-hydrogen) atoms. The van der Waals surface area contributed by atoms with Gasteiger partial charge in [0.25, 0.3) is 5.88 Å². The Hall–Kier alpha value is -3.01. The molecule has 0 fully saturated rings. The highest BCUT2D eigenvalue weighted by molar-refractivity contribution is 5.73. The van der Waals surface area contributed by atoms with Crippen molar-refractivity contribution in [2.24, 2.45) is 5.73 Å². The third-order valence-electron chi connectivity index (χ3n) is 3.00. The molecular formula is C15H16N4O3. The zero-order valence-electron chi connectivity index (χ0n) is 12.4. The molecule has 0 aliphatic carbocycles. The van der Waals surface area contributed by atoms with E-state index in [1.807, 2.05) is 6.92 Å². The first kappa shape index (κ1) is 15.4. The molecular weight excluding hydrogens is 284 g/mol. The van der Waals surface area contributed by atoms with Gasteiger partial charge >= 0.3 is 0 Å². The number of hydrogen-bond donors (Lipinski definition) is 1. The highest BCUT2D eigenvalue weighted by Gasteiger charge is 2.20. The highest BCUT2D eigenvalue weighted by atomic mass is 16.5. The quantitative estimate of drug-likeness (QED) is 0.829. The standard InChI is InChI=1S/C15H16N4O3/c1-4-12-14(15(21-3)18-19(12)9-13(16)20)22-11-7-5-10(17-2)6-8-11/h5-8H,4,9H2,1,3H3,(H2,16,20). The normalized spacial score (nSPS) is 10.0. The first-order valence-corrected chi connectivity index (χ1v) is 6.66. The fraction of sp³-hybridized carbons (Fsp3) is 0.267. The van der Waals surface area contributed by atoms with Crippen molar-refractivity contribution in [1.82, 2.24) is 9.78 Å². The van der Waals surface area contributed by atoms with Crippen LogP contribution in [0.5, 0.6) is 17.4 Å². The number of amides is 1. The molecule has 0 spiro atoms. The predicted molar refractivity (Wildman–Crippen MR) is 80.1 cm³/mol. The number of ether oxygens (including phenoxy) is 2. The highest BCUT2D eigenvalue weighted by Crippen LogP contribution is 2.35. The number of primary amides is 1. The number of hydrogen-bond acceptors (Lipinski definition) is 4. The van der Waals surface area contributed by atoms with Crippen LogP contribution in [-0.4, -0.2) is 22.8 Å². The maximum atomic E-state index is 11.1. The number of benzene rings is 1. The molecule has 7 heteroatoms. The largest absolute Gasteiger partial charge is 0.477 e. The molecule has 2 aromatic rings. The molecule has 0 atom stereocenters. The second kappa shape index (κ2) is 6.63. The molecule has 1 amide bonds. The molecule has 0 radical (unpaired) electrons. The van der Waals surface area contributed by atoms with Gasteiger partial charge in [0.05, 0.1) is 19.4 Å². The minimum absolute atomic E-state index is 0.0421. The summed E-state index contributed by atoms with van der Waals surface area (Å²) in [6.07, 6.45) is 0.596. The number of aromatic nitrogens is 2. The van der Waals surface area contributed by atoms with Crippen molar-refractivity contribution in [3.63, 3.8) is 0 Å². The summed E-state index contributed by atoms with van der Waals surface area (Å²) in [5, 5.41) is 4.19. The summed E-state index contributed by atoms with van der Waals surface area (Å²) in [5.74, 6) is 0.793. The first-order valence-electron chi connectivity index (χ1n) is 6.66. The fourth-order valence-corrected chi connectivity index (χ4v) is 2.02. The van der Waals surface area contributed by atoms with Crippen LogP contribution in [-0.2, 0) is 17.8 Å². The average Bonchev–Trinajstić information content (AvgIpc) is 2.83. The monoisotopic (exact) mass is 300 g/mol. The molecule has 0 aliphatic heterocycles. The first-order chi connectivity index (χ1) is 10.6. The number of nitrogens with zero attached hydrogens (tertiary/aromatic N) is 3. The van der Waals surface area contributed by atoms with Crippen LogP contribution in [0.3, 0.4) is 0 Å². The Kier molecular flexibility index (Phi) is 4.63. The summed E-state index contributed by atoms with van der Waals surface area (Å²) in [6.45, 7) is 8.82. The molecule has 2 rings (SSSR count). The van der Waals surface area contributed by atoms with Crippen LogP contribution in [0.1, 0.15) is 12.6 Å². The second-order valence-electron chi connectivity index (χ2n) is 4.47. The second-order valence-corrected chi connectivity index (χ2v) is 4.47. The number of nitrogens with two attached hydrogens (primary N) is 1. The molecule has 0 unspecified atom stereocenters. The SMILES string of the molecule is [C-]#[N+]c1ccc(Oc2c(OC)nn(CC(N)=O)c2CC)cc1. The summed E-state index contributed by atoms with van der Waals surface area (Å²) in [7, 11) is 1.48. The Morgan fingerprint density at radius 3 is 2.59 bits per heavy atom. The van der Waals surface area contributed by atoms with Gasteiger partial charge in [-0.15, -0.1) is 5.10 Å². The van der Waals surface area contributed by atoms with Crippen LogP contribution in [0.25, 0.3) is 4.85 Å². The average molecular weight is 300 g/mol. The van der Waals surface area contributed by atoms with E-state index in [-0.39, 0.29) is 12.4 Å². The molecule has 114 valence electrons. The minimum Gasteiger partial charge on any atom is -0.477 e. The molecule has 1 heterocycles. The van der Waals surface area contributed by atoms with E-state index in [2.05, 4.69) is 9.94 Å². The number of carbonyl (C=O) groups excluding carboxylic acids is 1. The van der Waals surface area contributed by atoms with Gasteiger partial charge in [-0.05, 0) is 18.6 Å². The Bertz CT molecular complexity index is 714. The van der Waals surface area contributed by atoms with Gasteiger partial charge in [-0.2, -0.15) is 0 Å². The van der Waals surface area contributed by atoms with E-state index in [0.29, 0.717) is 29.3 Å². The minimum atomic E-state index is -0.493. The predicted octanol–water partition coefficient (Wildman–Crippen LogP) is 2.28. The van der Waals surface area contributed by atoms with Crippen molar-refractivity contribution in [3.8, 4) is 17.4 Å². The maximum absolute atomic E-state index is 11.1. The van der Waals surface area contributed by atoms with E-state index < -0.39 is 5.91 Å². The van der Waals surface area contributed by atoms with Crippen LogP contribution >= 0.6 is 0 Å². The van der Waals surface area contributed by atoms with Crippen LogP contribution < -0.4 is 15.2 Å². The Morgan fingerprint density at radius 2 is 2.09 bits per heavy atom. The molecule has 2 N–H and O–H groups in total. The van der Waals surface area contributed by atoms with E-state index in [1.54, 1.807) is 24.3 Å². The Balaban J connectivity index is 2.37. The van der Waals surface area contributed by atoms with Crippen LogP contribution in [0.15, 0.2) is 24.3 Å². The molecule has 1 aromatic carbocycles. The summed E-state index contributed by atoms with van der Waals surface area (Å²) < 4.78 is 12.5. The summed E-state index contributed by atoms with van der Waals surface area (Å²) in [5.41, 5.74) is 6.46. The lowest BCUT2D eigenvalue weighted by Gasteiger charge is -2.08. The number of methoxy groups -OCH3 is 1. The third-order valence-corrected chi connectivity index (χ3v) is 3.00. The van der Waals surface area contributed by atoms with Gasteiger partial charge in [-0.3, -0.25) is 9.48 Å². The topological polar surface area (TPSA) is 83.7 Å². The lowest BCUT2D eigenvalue weighted by molar-refractivity contribution is -0.118. The van der Waals surface area contributed by atoms with E-state index in [9.17, 15) is 4.79 Å². The van der Waals surface area contributed by atoms with E-state index in [0.717, 1.165) is 0 Å². The van der Waals surface area contributed by atoms with Gasteiger partial charge in [-0.25, -0.2) is 4.85 Å². The zero-order chi connectivity index (χ0) is 16.1. The molecule has 1 aromatic heterocycles. The van der Waals surface area contributed by atoms with Crippen molar-refractivity contribution in [2.75, 3.05) is 7.11 Å². The summed E-state index contributed by atoms with van der Waals surface area (Å²) >= 11 is 0. The van der Waals surface area contributed by atoms with Crippen molar-refractivity contribution in [2.45, 2.75) is 19.9 Å². The molecule has 0 aliphatic rings. The van der Waals surface area contributed by atoms with Gasteiger partial charge < -0.3 is 15.2 Å². The van der Waals surface area contributed by atoms with Crippen molar-refractivity contribution in [3.05, 3.63) is 41.4 Å². The van der Waals surface area contributed by atoms with Gasteiger partial charge in [0.1, 0.15) is 12.3 Å². The van der Waals surface area contributed by atoms with Gasteiger partial charge in [0.2, 0.25) is 11.7 Å². The zero-order valence-corrected chi connectivity index (χ0v) is 12.4.